The molecule has 1 rings (SSSR count). The molecule has 1 fully saturated rings. The van der Waals surface area contributed by atoms with Crippen molar-refractivity contribution in [3.05, 3.63) is 0 Å². The molecule has 0 bridgehead atoms. The Hall–Kier alpha value is -0.0900. The Kier molecular flexibility index (Phi) is 3.82. The van der Waals surface area contributed by atoms with Crippen LogP contribution in [0.1, 0.15) is 53.4 Å². The minimum Gasteiger partial charge on any atom is -0.212 e. The molecule has 0 spiro atoms. The molecule has 1 N–H and O–H groups in total. The van der Waals surface area contributed by atoms with Crippen LogP contribution in [0, 0.1) is 5.41 Å². The second-order valence-corrected chi connectivity index (χ2v) is 7.94. The van der Waals surface area contributed by atoms with E-state index in [0.717, 1.165) is 19.3 Å². The van der Waals surface area contributed by atoms with Crippen LogP contribution in [0.2, 0.25) is 0 Å². The Labute approximate surface area is 93.7 Å². The molecule has 0 aromatic rings. The highest BCUT2D eigenvalue weighted by Crippen LogP contribution is 2.35. The van der Waals surface area contributed by atoms with Crippen LogP contribution < -0.4 is 4.72 Å². The van der Waals surface area contributed by atoms with E-state index in [1.807, 2.05) is 0 Å². The largest absolute Gasteiger partial charge is 0.214 e. The Morgan fingerprint density at radius 3 is 2.40 bits per heavy atom. The second kappa shape index (κ2) is 4.42. The highest BCUT2D eigenvalue weighted by Gasteiger charge is 2.30. The summed E-state index contributed by atoms with van der Waals surface area (Å²) in [7, 11) is -3.10. The summed E-state index contributed by atoms with van der Waals surface area (Å²) in [5.74, 6) is 0. The van der Waals surface area contributed by atoms with Gasteiger partial charge < -0.3 is 0 Å². The monoisotopic (exact) mass is 233 g/mol. The Bertz CT molecular complexity index is 307. The predicted molar refractivity (Wildman–Crippen MR) is 63.2 cm³/mol. The minimum absolute atomic E-state index is 0.140. The Morgan fingerprint density at radius 1 is 1.33 bits per heavy atom. The van der Waals surface area contributed by atoms with E-state index in [1.165, 1.54) is 6.42 Å². The van der Waals surface area contributed by atoms with E-state index >= 15 is 0 Å². The lowest BCUT2D eigenvalue weighted by Crippen LogP contribution is -2.43. The smallest absolute Gasteiger partial charge is 0.212 e. The predicted octanol–water partition coefficient (Wildman–Crippen LogP) is 2.28. The van der Waals surface area contributed by atoms with Gasteiger partial charge in [-0.1, -0.05) is 20.3 Å². The Balaban J connectivity index is 2.60. The van der Waals surface area contributed by atoms with Crippen molar-refractivity contribution in [2.24, 2.45) is 5.41 Å². The molecular formula is C11H23NO2S. The molecule has 1 atom stereocenters. The van der Waals surface area contributed by atoms with Gasteiger partial charge in [0.15, 0.2) is 0 Å². The zero-order chi connectivity index (χ0) is 11.7. The summed E-state index contributed by atoms with van der Waals surface area (Å²) in [5, 5.41) is -0.331. The summed E-state index contributed by atoms with van der Waals surface area (Å²) >= 11 is 0. The molecule has 4 heteroatoms. The fraction of sp³-hybridized carbons (Fsp3) is 1.00. The van der Waals surface area contributed by atoms with Gasteiger partial charge in [0.2, 0.25) is 10.0 Å². The maximum absolute atomic E-state index is 11.7. The van der Waals surface area contributed by atoms with Crippen molar-refractivity contribution in [2.75, 3.05) is 0 Å². The first-order valence-electron chi connectivity index (χ1n) is 5.74. The van der Waals surface area contributed by atoms with Crippen LogP contribution in [0.15, 0.2) is 0 Å². The molecule has 0 aromatic heterocycles. The third kappa shape index (κ3) is 3.76. The summed E-state index contributed by atoms with van der Waals surface area (Å²) in [6.07, 6.45) is 4.26. The van der Waals surface area contributed by atoms with E-state index in [9.17, 15) is 8.42 Å². The standard InChI is InChI=1S/C11H23NO2S/c1-9(2)15(13,14)12-10-6-5-7-11(3,4)8-10/h9-10,12H,5-8H2,1-4H3. The fourth-order valence-electron chi connectivity index (χ4n) is 2.17. The zero-order valence-electron chi connectivity index (χ0n) is 10.2. The van der Waals surface area contributed by atoms with Crippen molar-refractivity contribution in [3.8, 4) is 0 Å². The van der Waals surface area contributed by atoms with Gasteiger partial charge in [0, 0.05) is 6.04 Å². The average Bonchev–Trinajstić information content (AvgIpc) is 2.00. The van der Waals surface area contributed by atoms with Crippen LogP contribution in [-0.2, 0) is 10.0 Å². The number of sulfonamides is 1. The van der Waals surface area contributed by atoms with Gasteiger partial charge in [0.1, 0.15) is 0 Å². The van der Waals surface area contributed by atoms with Crippen molar-refractivity contribution in [3.63, 3.8) is 0 Å². The Morgan fingerprint density at radius 2 is 1.93 bits per heavy atom. The summed E-state index contributed by atoms with van der Waals surface area (Å²) in [6, 6.07) is 0.140. The average molecular weight is 233 g/mol. The number of nitrogens with one attached hydrogen (secondary N) is 1. The molecule has 90 valence electrons. The summed E-state index contributed by atoms with van der Waals surface area (Å²) in [6.45, 7) is 7.86. The van der Waals surface area contributed by atoms with Gasteiger partial charge >= 0.3 is 0 Å². The second-order valence-electron chi connectivity index (χ2n) is 5.67. The van der Waals surface area contributed by atoms with Crippen molar-refractivity contribution < 1.29 is 8.42 Å². The lowest BCUT2D eigenvalue weighted by Gasteiger charge is -2.35. The lowest BCUT2D eigenvalue weighted by molar-refractivity contribution is 0.212. The normalized spacial score (nSPS) is 26.9. The summed E-state index contributed by atoms with van der Waals surface area (Å²) in [5.41, 5.74) is 0.280. The van der Waals surface area contributed by atoms with Crippen molar-refractivity contribution in [1.82, 2.24) is 4.72 Å². The molecule has 15 heavy (non-hydrogen) atoms. The van der Waals surface area contributed by atoms with Crippen molar-refractivity contribution in [1.29, 1.82) is 0 Å². The van der Waals surface area contributed by atoms with Crippen LogP contribution in [0.5, 0.6) is 0 Å². The fourth-order valence-corrected chi connectivity index (χ4v) is 3.11. The van der Waals surface area contributed by atoms with Crippen LogP contribution in [0.4, 0.5) is 0 Å². The first kappa shape index (κ1) is 13.0. The van der Waals surface area contributed by atoms with Gasteiger partial charge in [0.25, 0.3) is 0 Å². The van der Waals surface area contributed by atoms with Gasteiger partial charge in [-0.3, -0.25) is 0 Å². The SMILES string of the molecule is CC(C)S(=O)(=O)NC1CCCC(C)(C)C1. The van der Waals surface area contributed by atoms with Gasteiger partial charge in [-0.15, -0.1) is 0 Å². The van der Waals surface area contributed by atoms with E-state index in [-0.39, 0.29) is 16.7 Å². The van der Waals surface area contributed by atoms with E-state index < -0.39 is 10.0 Å². The van der Waals surface area contributed by atoms with E-state index in [4.69, 9.17) is 0 Å². The molecule has 3 nitrogen and oxygen atoms in total. The zero-order valence-corrected chi connectivity index (χ0v) is 11.0. The van der Waals surface area contributed by atoms with E-state index in [2.05, 4.69) is 18.6 Å². The van der Waals surface area contributed by atoms with Gasteiger partial charge in [-0.05, 0) is 38.5 Å². The molecule has 1 aliphatic carbocycles. The van der Waals surface area contributed by atoms with Crippen LogP contribution >= 0.6 is 0 Å². The molecule has 0 aliphatic heterocycles. The first-order valence-corrected chi connectivity index (χ1v) is 7.29. The van der Waals surface area contributed by atoms with Crippen LogP contribution in [-0.4, -0.2) is 19.7 Å². The van der Waals surface area contributed by atoms with Crippen LogP contribution in [0.3, 0.4) is 0 Å². The van der Waals surface area contributed by atoms with Gasteiger partial charge in [-0.2, -0.15) is 0 Å². The molecular weight excluding hydrogens is 210 g/mol. The maximum atomic E-state index is 11.7. The van der Waals surface area contributed by atoms with E-state index in [1.54, 1.807) is 13.8 Å². The van der Waals surface area contributed by atoms with E-state index in [0.29, 0.717) is 0 Å². The van der Waals surface area contributed by atoms with Crippen LogP contribution in [0.25, 0.3) is 0 Å². The highest BCUT2D eigenvalue weighted by molar-refractivity contribution is 7.90. The molecule has 1 aliphatic rings. The quantitative estimate of drug-likeness (QED) is 0.813. The topological polar surface area (TPSA) is 46.2 Å². The number of hydrogen-bond acceptors (Lipinski definition) is 2. The summed E-state index contributed by atoms with van der Waals surface area (Å²) in [4.78, 5) is 0. The minimum atomic E-state index is -3.10. The third-order valence-corrected chi connectivity index (χ3v) is 5.06. The van der Waals surface area contributed by atoms with Crippen molar-refractivity contribution in [2.45, 2.75) is 64.7 Å². The third-order valence-electron chi connectivity index (χ3n) is 3.16. The van der Waals surface area contributed by atoms with Gasteiger partial charge in [0.05, 0.1) is 5.25 Å². The summed E-state index contributed by atoms with van der Waals surface area (Å²) < 4.78 is 26.2. The molecule has 0 aromatic carbocycles. The number of rotatable bonds is 3. The molecule has 1 unspecified atom stereocenters. The molecule has 0 radical (unpaired) electrons. The maximum Gasteiger partial charge on any atom is 0.214 e. The first-order chi connectivity index (χ1) is 6.73. The van der Waals surface area contributed by atoms with Crippen molar-refractivity contribution >= 4 is 10.0 Å². The molecule has 0 saturated heterocycles. The highest BCUT2D eigenvalue weighted by atomic mass is 32.2. The lowest BCUT2D eigenvalue weighted by atomic mass is 9.75. The molecule has 0 heterocycles. The number of hydrogen-bond donors (Lipinski definition) is 1. The molecule has 0 amide bonds. The molecule has 1 saturated carbocycles. The van der Waals surface area contributed by atoms with Gasteiger partial charge in [-0.25, -0.2) is 13.1 Å².